The molecule has 1 amide bonds. The number of hydrogen-bond donors (Lipinski definition) is 2. The van der Waals surface area contributed by atoms with E-state index in [0.29, 0.717) is 12.2 Å². The summed E-state index contributed by atoms with van der Waals surface area (Å²) in [5.74, 6) is -1.12. The van der Waals surface area contributed by atoms with Crippen molar-refractivity contribution in [1.82, 2.24) is 5.32 Å². The van der Waals surface area contributed by atoms with E-state index in [0.717, 1.165) is 11.1 Å². The Labute approximate surface area is 127 Å². The third-order valence-electron chi connectivity index (χ3n) is 3.67. The van der Waals surface area contributed by atoms with Gasteiger partial charge in [-0.15, -0.1) is 0 Å². The number of hydrogen-bond acceptors (Lipinski definition) is 4. The van der Waals surface area contributed by atoms with Crippen LogP contribution in [0.4, 0.5) is 5.69 Å². The van der Waals surface area contributed by atoms with Gasteiger partial charge in [0.05, 0.1) is 12.8 Å². The van der Waals surface area contributed by atoms with Crippen LogP contribution in [0.2, 0.25) is 0 Å². The molecule has 1 aromatic heterocycles. The molecule has 2 N–H and O–H groups in total. The molecule has 6 nitrogen and oxygen atoms in total. The number of carboxylic acids is 1. The van der Waals surface area contributed by atoms with Crippen LogP contribution in [0.3, 0.4) is 0 Å². The molecule has 0 saturated carbocycles. The highest BCUT2D eigenvalue weighted by Crippen LogP contribution is 2.25. The number of nitrogens with one attached hydrogen (secondary N) is 1. The van der Waals surface area contributed by atoms with Crippen molar-refractivity contribution in [2.45, 2.75) is 19.5 Å². The lowest BCUT2D eigenvalue weighted by Gasteiger charge is -2.23. The van der Waals surface area contributed by atoms with Gasteiger partial charge in [0.25, 0.3) is 5.91 Å². The fourth-order valence-electron chi connectivity index (χ4n) is 2.54. The molecule has 0 bridgehead atoms. The zero-order chi connectivity index (χ0) is 15.7. The predicted octanol–water partition coefficient (Wildman–Crippen LogP) is 1.79. The van der Waals surface area contributed by atoms with E-state index < -0.39 is 12.0 Å². The number of furan rings is 1. The standard InChI is InChI=1S/C16H16N2O4/c1-10-6-14(22-9-10)15(19)18-8-12(16(20)21)17-7-11-4-2-3-5-13(11)18/h2-6,9,12,17H,7-8H2,1H3,(H,20,21). The van der Waals surface area contributed by atoms with Crippen LogP contribution in [-0.2, 0) is 11.3 Å². The highest BCUT2D eigenvalue weighted by molar-refractivity contribution is 6.05. The quantitative estimate of drug-likeness (QED) is 0.883. The first-order valence-electron chi connectivity index (χ1n) is 6.97. The van der Waals surface area contributed by atoms with E-state index in [1.165, 1.54) is 11.2 Å². The zero-order valence-corrected chi connectivity index (χ0v) is 12.1. The number of amides is 1. The minimum absolute atomic E-state index is 0.0466. The van der Waals surface area contributed by atoms with Crippen LogP contribution in [0.5, 0.6) is 0 Å². The average Bonchev–Trinajstić information content (AvgIpc) is 2.83. The van der Waals surface area contributed by atoms with Gasteiger partial charge in [-0.05, 0) is 30.2 Å². The predicted molar refractivity (Wildman–Crippen MR) is 79.8 cm³/mol. The summed E-state index contributed by atoms with van der Waals surface area (Å²) in [7, 11) is 0. The highest BCUT2D eigenvalue weighted by atomic mass is 16.4. The summed E-state index contributed by atoms with van der Waals surface area (Å²) in [6.07, 6.45) is 1.50. The van der Waals surface area contributed by atoms with Crippen LogP contribution in [0.15, 0.2) is 41.0 Å². The van der Waals surface area contributed by atoms with Gasteiger partial charge in [-0.25, -0.2) is 0 Å². The Kier molecular flexibility index (Phi) is 3.68. The number of carbonyl (C=O) groups is 2. The van der Waals surface area contributed by atoms with Crippen molar-refractivity contribution in [3.05, 3.63) is 53.5 Å². The number of carbonyl (C=O) groups excluding carboxylic acids is 1. The normalized spacial score (nSPS) is 17.7. The fraction of sp³-hybridized carbons (Fsp3) is 0.250. The van der Waals surface area contributed by atoms with Crippen molar-refractivity contribution in [2.75, 3.05) is 11.4 Å². The Morgan fingerprint density at radius 3 is 2.82 bits per heavy atom. The van der Waals surface area contributed by atoms with Crippen molar-refractivity contribution < 1.29 is 19.1 Å². The van der Waals surface area contributed by atoms with Gasteiger partial charge in [-0.2, -0.15) is 0 Å². The first-order valence-corrected chi connectivity index (χ1v) is 6.97. The van der Waals surface area contributed by atoms with Crippen molar-refractivity contribution >= 4 is 17.6 Å². The molecule has 1 aliphatic rings. The van der Waals surface area contributed by atoms with Crippen LogP contribution < -0.4 is 10.2 Å². The summed E-state index contributed by atoms with van der Waals surface area (Å²) in [6.45, 7) is 2.28. The van der Waals surface area contributed by atoms with Crippen LogP contribution in [-0.4, -0.2) is 29.6 Å². The third-order valence-corrected chi connectivity index (χ3v) is 3.67. The highest BCUT2D eigenvalue weighted by Gasteiger charge is 2.31. The monoisotopic (exact) mass is 300 g/mol. The topological polar surface area (TPSA) is 82.8 Å². The third kappa shape index (κ3) is 2.60. The molecule has 0 saturated heterocycles. The van der Waals surface area contributed by atoms with E-state index in [9.17, 15) is 14.7 Å². The summed E-state index contributed by atoms with van der Waals surface area (Å²) in [5, 5.41) is 12.2. The second-order valence-electron chi connectivity index (χ2n) is 5.30. The van der Waals surface area contributed by atoms with Crippen molar-refractivity contribution in [3.63, 3.8) is 0 Å². The van der Waals surface area contributed by atoms with E-state index >= 15 is 0 Å². The number of fused-ring (bicyclic) bond motifs is 1. The molecule has 1 aliphatic heterocycles. The Balaban J connectivity index is 2.01. The summed E-state index contributed by atoms with van der Waals surface area (Å²) >= 11 is 0. The number of aryl methyl sites for hydroxylation is 1. The van der Waals surface area contributed by atoms with E-state index in [2.05, 4.69) is 5.32 Å². The second-order valence-corrected chi connectivity index (χ2v) is 5.30. The lowest BCUT2D eigenvalue weighted by Crippen LogP contribution is -2.45. The lowest BCUT2D eigenvalue weighted by atomic mass is 10.1. The van der Waals surface area contributed by atoms with Gasteiger partial charge in [-0.3, -0.25) is 14.9 Å². The van der Waals surface area contributed by atoms with E-state index in [-0.39, 0.29) is 18.2 Å². The molecule has 114 valence electrons. The Morgan fingerprint density at radius 2 is 2.14 bits per heavy atom. The molecule has 2 heterocycles. The molecule has 1 atom stereocenters. The first-order chi connectivity index (χ1) is 10.6. The SMILES string of the molecule is Cc1coc(C(=O)N2CC(C(=O)O)NCc3ccccc32)c1. The number of para-hydroxylation sites is 1. The lowest BCUT2D eigenvalue weighted by molar-refractivity contribution is -0.139. The number of aliphatic carboxylic acids is 1. The maximum absolute atomic E-state index is 12.7. The molecule has 0 radical (unpaired) electrons. The van der Waals surface area contributed by atoms with E-state index in [4.69, 9.17) is 4.42 Å². The van der Waals surface area contributed by atoms with Gasteiger partial charge in [-0.1, -0.05) is 18.2 Å². The fourth-order valence-corrected chi connectivity index (χ4v) is 2.54. The molecule has 0 fully saturated rings. The van der Waals surface area contributed by atoms with Crippen LogP contribution >= 0.6 is 0 Å². The molecule has 1 aromatic carbocycles. The number of anilines is 1. The molecular formula is C16H16N2O4. The molecule has 0 aliphatic carbocycles. The number of carboxylic acid groups (broad SMARTS) is 1. The summed E-state index contributed by atoms with van der Waals surface area (Å²) in [5.41, 5.74) is 2.43. The van der Waals surface area contributed by atoms with Crippen LogP contribution in [0.25, 0.3) is 0 Å². The van der Waals surface area contributed by atoms with Gasteiger partial charge >= 0.3 is 5.97 Å². The van der Waals surface area contributed by atoms with Gasteiger partial charge in [0.1, 0.15) is 6.04 Å². The number of benzene rings is 1. The van der Waals surface area contributed by atoms with Crippen molar-refractivity contribution in [2.24, 2.45) is 0 Å². The van der Waals surface area contributed by atoms with Gasteiger partial charge in [0, 0.05) is 12.2 Å². The smallest absolute Gasteiger partial charge is 0.322 e. The van der Waals surface area contributed by atoms with Gasteiger partial charge in [0.2, 0.25) is 0 Å². The van der Waals surface area contributed by atoms with E-state index in [1.54, 1.807) is 6.07 Å². The minimum atomic E-state index is -0.985. The maximum Gasteiger partial charge on any atom is 0.322 e. The molecular weight excluding hydrogens is 284 g/mol. The summed E-state index contributed by atoms with van der Waals surface area (Å²) < 4.78 is 5.27. The van der Waals surface area contributed by atoms with Crippen LogP contribution in [0, 0.1) is 6.92 Å². The Hall–Kier alpha value is -2.60. The molecule has 1 unspecified atom stereocenters. The van der Waals surface area contributed by atoms with Crippen molar-refractivity contribution in [1.29, 1.82) is 0 Å². The van der Waals surface area contributed by atoms with Gasteiger partial charge in [0.15, 0.2) is 5.76 Å². The van der Waals surface area contributed by atoms with E-state index in [1.807, 2.05) is 31.2 Å². The molecule has 0 spiro atoms. The molecule has 3 rings (SSSR count). The number of rotatable bonds is 2. The second kappa shape index (κ2) is 5.65. The average molecular weight is 300 g/mol. The summed E-state index contributed by atoms with van der Waals surface area (Å²) in [4.78, 5) is 25.5. The summed E-state index contributed by atoms with van der Waals surface area (Å²) in [6, 6.07) is 8.20. The maximum atomic E-state index is 12.7. The largest absolute Gasteiger partial charge is 0.480 e. The number of nitrogens with zero attached hydrogens (tertiary/aromatic N) is 1. The molecule has 22 heavy (non-hydrogen) atoms. The minimum Gasteiger partial charge on any atom is -0.480 e. The zero-order valence-electron chi connectivity index (χ0n) is 12.1. The molecule has 6 heteroatoms. The Morgan fingerprint density at radius 1 is 1.36 bits per heavy atom. The van der Waals surface area contributed by atoms with Crippen LogP contribution in [0.1, 0.15) is 21.7 Å². The van der Waals surface area contributed by atoms with Crippen molar-refractivity contribution in [3.8, 4) is 0 Å². The van der Waals surface area contributed by atoms with Gasteiger partial charge < -0.3 is 14.4 Å². The first kappa shape index (κ1) is 14.3. The molecule has 2 aromatic rings. The Bertz CT molecular complexity index is 722.